The van der Waals surface area contributed by atoms with Crippen molar-refractivity contribution in [2.75, 3.05) is 14.1 Å². The van der Waals surface area contributed by atoms with Crippen molar-refractivity contribution in [2.45, 2.75) is 58.6 Å². The van der Waals surface area contributed by atoms with Crippen molar-refractivity contribution in [2.24, 2.45) is 17.3 Å². The van der Waals surface area contributed by atoms with E-state index in [0.29, 0.717) is 17.3 Å². The third-order valence-corrected chi connectivity index (χ3v) is 7.43. The smallest absolute Gasteiger partial charge is 0.212 e. The Bertz CT molecular complexity index is 353. The molecule has 0 saturated heterocycles. The Labute approximate surface area is 113 Å². The quantitative estimate of drug-likeness (QED) is 0.790. The number of sulfonamides is 1. The molecule has 0 atom stereocenters. The van der Waals surface area contributed by atoms with Crippen LogP contribution in [0.5, 0.6) is 0 Å². The van der Waals surface area contributed by atoms with Crippen molar-refractivity contribution >= 4 is 10.0 Å². The van der Waals surface area contributed by atoms with E-state index in [1.54, 1.807) is 14.1 Å². The average molecular weight is 275 g/mol. The van der Waals surface area contributed by atoms with Gasteiger partial charge in [0.05, 0.1) is 5.25 Å². The lowest BCUT2D eigenvalue weighted by Crippen LogP contribution is -2.43. The van der Waals surface area contributed by atoms with Gasteiger partial charge in [-0.25, -0.2) is 12.7 Å². The molecule has 1 aliphatic rings. The monoisotopic (exact) mass is 275 g/mol. The molecule has 1 rings (SSSR count). The molecular weight excluding hydrogens is 246 g/mol. The molecule has 0 radical (unpaired) electrons. The fourth-order valence-corrected chi connectivity index (χ4v) is 4.97. The van der Waals surface area contributed by atoms with E-state index in [1.165, 1.54) is 4.31 Å². The van der Waals surface area contributed by atoms with Crippen molar-refractivity contribution in [3.05, 3.63) is 0 Å². The second-order valence-corrected chi connectivity index (χ2v) is 9.00. The first-order valence-corrected chi connectivity index (χ1v) is 8.56. The molecule has 0 aromatic heterocycles. The molecule has 0 unspecified atom stereocenters. The molecule has 0 bridgehead atoms. The minimum atomic E-state index is -3.07. The van der Waals surface area contributed by atoms with Crippen LogP contribution >= 0.6 is 0 Å². The zero-order valence-electron chi connectivity index (χ0n) is 12.7. The average Bonchev–Trinajstić information content (AvgIpc) is 2.28. The van der Waals surface area contributed by atoms with Crippen molar-refractivity contribution in [1.29, 1.82) is 0 Å². The second-order valence-electron chi connectivity index (χ2n) is 6.57. The summed E-state index contributed by atoms with van der Waals surface area (Å²) in [5.41, 5.74) is 0.332. The van der Waals surface area contributed by atoms with Gasteiger partial charge in [0, 0.05) is 14.1 Å². The largest absolute Gasteiger partial charge is 0.216 e. The highest BCUT2D eigenvalue weighted by Crippen LogP contribution is 2.49. The highest BCUT2D eigenvalue weighted by atomic mass is 32.2. The van der Waals surface area contributed by atoms with E-state index in [2.05, 4.69) is 27.7 Å². The molecule has 4 heteroatoms. The second kappa shape index (κ2) is 5.49. The number of rotatable bonds is 4. The molecule has 3 nitrogen and oxygen atoms in total. The lowest BCUT2D eigenvalue weighted by molar-refractivity contribution is 0.0593. The molecule has 1 aliphatic carbocycles. The van der Waals surface area contributed by atoms with Crippen LogP contribution in [0.2, 0.25) is 0 Å². The highest BCUT2D eigenvalue weighted by molar-refractivity contribution is 7.89. The molecule has 108 valence electrons. The minimum absolute atomic E-state index is 0.168. The predicted octanol–water partition coefficient (Wildman–Crippen LogP) is 3.12. The first-order chi connectivity index (χ1) is 8.14. The van der Waals surface area contributed by atoms with Gasteiger partial charge in [0.25, 0.3) is 0 Å². The van der Waals surface area contributed by atoms with Gasteiger partial charge in [-0.2, -0.15) is 0 Å². The Morgan fingerprint density at radius 2 is 1.39 bits per heavy atom. The molecule has 18 heavy (non-hydrogen) atoms. The van der Waals surface area contributed by atoms with E-state index in [4.69, 9.17) is 0 Å². The third-order valence-electron chi connectivity index (χ3n) is 5.09. The Morgan fingerprint density at radius 3 is 1.67 bits per heavy atom. The summed E-state index contributed by atoms with van der Waals surface area (Å²) in [5.74, 6) is 1.25. The lowest BCUT2D eigenvalue weighted by Gasteiger charge is -2.46. The van der Waals surface area contributed by atoms with Crippen LogP contribution in [0.4, 0.5) is 0 Å². The zero-order valence-corrected chi connectivity index (χ0v) is 13.5. The van der Waals surface area contributed by atoms with Crippen LogP contribution in [0.25, 0.3) is 0 Å². The van der Waals surface area contributed by atoms with Gasteiger partial charge in [-0.3, -0.25) is 0 Å². The molecule has 0 aliphatic heterocycles. The van der Waals surface area contributed by atoms with E-state index in [0.717, 1.165) is 25.7 Å². The van der Waals surface area contributed by atoms with E-state index in [-0.39, 0.29) is 5.25 Å². The van der Waals surface area contributed by atoms with Crippen LogP contribution in [0.1, 0.15) is 53.4 Å². The zero-order chi connectivity index (χ0) is 14.1. The summed E-state index contributed by atoms with van der Waals surface area (Å²) in [6.45, 7) is 9.11. The van der Waals surface area contributed by atoms with Crippen LogP contribution in [0.15, 0.2) is 0 Å². The topological polar surface area (TPSA) is 37.4 Å². The van der Waals surface area contributed by atoms with E-state index < -0.39 is 10.0 Å². The first kappa shape index (κ1) is 16.0. The van der Waals surface area contributed by atoms with E-state index >= 15 is 0 Å². The van der Waals surface area contributed by atoms with Gasteiger partial charge in [0.1, 0.15) is 0 Å². The Balaban J connectivity index is 2.83. The molecule has 0 spiro atoms. The lowest BCUT2D eigenvalue weighted by atomic mass is 9.61. The maximum absolute atomic E-state index is 12.2. The van der Waals surface area contributed by atoms with Crippen LogP contribution in [0.3, 0.4) is 0 Å². The first-order valence-electron chi connectivity index (χ1n) is 7.06. The van der Waals surface area contributed by atoms with Crippen LogP contribution in [-0.2, 0) is 10.0 Å². The molecule has 0 aromatic carbocycles. The summed E-state index contributed by atoms with van der Waals surface area (Å²) in [4.78, 5) is 0. The molecule has 0 aromatic rings. The summed E-state index contributed by atoms with van der Waals surface area (Å²) in [6.07, 6.45) is 3.72. The molecule has 1 saturated carbocycles. The SMILES string of the molecule is CC(C)C1(C(C)C)CCC(S(=O)(=O)N(C)C)CC1. The highest BCUT2D eigenvalue weighted by Gasteiger charge is 2.43. The van der Waals surface area contributed by atoms with Gasteiger partial charge in [-0.1, -0.05) is 27.7 Å². The predicted molar refractivity (Wildman–Crippen MR) is 77.0 cm³/mol. The fourth-order valence-electron chi connectivity index (χ4n) is 3.55. The van der Waals surface area contributed by atoms with Crippen molar-refractivity contribution in [1.82, 2.24) is 4.31 Å². The maximum atomic E-state index is 12.2. The maximum Gasteiger partial charge on any atom is 0.216 e. The van der Waals surface area contributed by atoms with Crippen LogP contribution in [-0.4, -0.2) is 32.1 Å². The van der Waals surface area contributed by atoms with Gasteiger partial charge in [-0.05, 0) is 42.9 Å². The van der Waals surface area contributed by atoms with Crippen molar-refractivity contribution < 1.29 is 8.42 Å². The van der Waals surface area contributed by atoms with Gasteiger partial charge < -0.3 is 0 Å². The molecule has 1 fully saturated rings. The standard InChI is InChI=1S/C14H29NO2S/c1-11(2)14(12(3)4)9-7-13(8-10-14)18(16,17)15(5)6/h11-13H,7-10H2,1-6H3. The van der Waals surface area contributed by atoms with Gasteiger partial charge in [0.2, 0.25) is 10.0 Å². The van der Waals surface area contributed by atoms with Gasteiger partial charge >= 0.3 is 0 Å². The van der Waals surface area contributed by atoms with Crippen LogP contribution in [0, 0.1) is 17.3 Å². The Hall–Kier alpha value is -0.0900. The molecule has 0 heterocycles. The fraction of sp³-hybridized carbons (Fsp3) is 1.00. The Kier molecular flexibility index (Phi) is 4.87. The molecular formula is C14H29NO2S. The molecule has 0 amide bonds. The van der Waals surface area contributed by atoms with E-state index in [9.17, 15) is 8.42 Å². The summed E-state index contributed by atoms with van der Waals surface area (Å²) >= 11 is 0. The molecule has 0 N–H and O–H groups in total. The van der Waals surface area contributed by atoms with Crippen molar-refractivity contribution in [3.8, 4) is 0 Å². The summed E-state index contributed by atoms with van der Waals surface area (Å²) in [7, 11) is 0.214. The number of hydrogen-bond acceptors (Lipinski definition) is 2. The van der Waals surface area contributed by atoms with E-state index in [1.807, 2.05) is 0 Å². The number of nitrogens with zero attached hydrogens (tertiary/aromatic N) is 1. The van der Waals surface area contributed by atoms with Crippen molar-refractivity contribution in [3.63, 3.8) is 0 Å². The third kappa shape index (κ3) is 2.74. The van der Waals surface area contributed by atoms with Gasteiger partial charge in [-0.15, -0.1) is 0 Å². The summed E-state index contributed by atoms with van der Waals surface area (Å²) in [6, 6.07) is 0. The minimum Gasteiger partial charge on any atom is -0.212 e. The Morgan fingerprint density at radius 1 is 1.00 bits per heavy atom. The van der Waals surface area contributed by atoms with Crippen LogP contribution < -0.4 is 0 Å². The summed E-state index contributed by atoms with van der Waals surface area (Å²) < 4.78 is 25.7. The van der Waals surface area contributed by atoms with Gasteiger partial charge in [0.15, 0.2) is 0 Å². The normalized spacial score (nSPS) is 22.1. The summed E-state index contributed by atoms with van der Waals surface area (Å²) in [5, 5.41) is -0.168. The number of hydrogen-bond donors (Lipinski definition) is 0.